The summed E-state index contributed by atoms with van der Waals surface area (Å²) in [4.78, 5) is 15.7. The van der Waals surface area contributed by atoms with Crippen LogP contribution in [0, 0.1) is 17.8 Å². The van der Waals surface area contributed by atoms with E-state index < -0.39 is 21.2 Å². The van der Waals surface area contributed by atoms with Gasteiger partial charge in [-0.25, -0.2) is 13.1 Å². The van der Waals surface area contributed by atoms with Crippen molar-refractivity contribution in [1.29, 1.82) is 0 Å². The number of fused-ring (bicyclic) bond motifs is 4. The molecule has 1 fully saturated rings. The average molecular weight is 613 g/mol. The summed E-state index contributed by atoms with van der Waals surface area (Å²) in [6, 6.07) is 11.5. The fourth-order valence-electron chi connectivity index (χ4n) is 7.39. The monoisotopic (exact) mass is 612 g/mol. The number of carbonyl (C=O) groups excluding carboxylic acids is 1. The molecular formula is C33H41ClN2O5S. The molecule has 1 N–H and O–H groups in total. The average Bonchev–Trinajstić information content (AvgIpc) is 3.10. The Bertz CT molecular complexity index is 1490. The van der Waals surface area contributed by atoms with Gasteiger partial charge in [-0.1, -0.05) is 36.7 Å². The predicted molar refractivity (Wildman–Crippen MR) is 166 cm³/mol. The molecule has 4 aliphatic rings. The maximum atomic E-state index is 13.4. The van der Waals surface area contributed by atoms with Crippen LogP contribution in [0.1, 0.15) is 67.4 Å². The third-order valence-electron chi connectivity index (χ3n) is 10.3. The molecule has 0 aromatic heterocycles. The first-order chi connectivity index (χ1) is 20.1. The number of halogens is 1. The van der Waals surface area contributed by atoms with Crippen LogP contribution in [0.15, 0.2) is 48.6 Å². The zero-order chi connectivity index (χ0) is 29.6. The van der Waals surface area contributed by atoms with Crippen LogP contribution in [-0.2, 0) is 26.6 Å². The van der Waals surface area contributed by atoms with Gasteiger partial charge in [0.1, 0.15) is 5.75 Å². The van der Waals surface area contributed by atoms with Crippen LogP contribution in [0.5, 0.6) is 5.75 Å². The van der Waals surface area contributed by atoms with Gasteiger partial charge in [-0.2, -0.15) is 0 Å². The number of anilines is 1. The molecule has 0 saturated heterocycles. The Morgan fingerprint density at radius 2 is 1.98 bits per heavy atom. The highest BCUT2D eigenvalue weighted by molar-refractivity contribution is 7.90. The van der Waals surface area contributed by atoms with Crippen molar-refractivity contribution in [3.63, 3.8) is 0 Å². The van der Waals surface area contributed by atoms with E-state index >= 15 is 0 Å². The molecule has 2 aliphatic carbocycles. The number of ether oxygens (including phenoxy) is 2. The van der Waals surface area contributed by atoms with E-state index in [0.717, 1.165) is 61.7 Å². The molecule has 9 heteroatoms. The lowest BCUT2D eigenvalue weighted by atomic mass is 9.68. The lowest BCUT2D eigenvalue weighted by Gasteiger charge is -2.46. The van der Waals surface area contributed by atoms with Crippen LogP contribution >= 0.6 is 11.6 Å². The van der Waals surface area contributed by atoms with E-state index in [9.17, 15) is 13.2 Å². The van der Waals surface area contributed by atoms with Gasteiger partial charge in [0, 0.05) is 36.2 Å². The van der Waals surface area contributed by atoms with Crippen LogP contribution in [0.3, 0.4) is 0 Å². The smallest absolute Gasteiger partial charge is 0.264 e. The van der Waals surface area contributed by atoms with Crippen LogP contribution in [0.25, 0.3) is 0 Å². The van der Waals surface area contributed by atoms with E-state index in [4.69, 9.17) is 21.1 Å². The third-order valence-corrected chi connectivity index (χ3v) is 12.4. The summed E-state index contributed by atoms with van der Waals surface area (Å²) < 4.78 is 41.3. The number of methoxy groups -OCH3 is 1. The number of rotatable bonds is 1. The molecule has 2 aromatic rings. The molecule has 2 aliphatic heterocycles. The standard InChI is InChI=1S/C33H41ClN2O5S/c1-21-6-4-8-30(40-3)27-12-9-25(27)18-36-19-33(15-5-7-23-16-26(34)11-13-28(23)33)20-41-31-14-10-24(17-29(31)36)32(37)35-42(38,39)22(21)2/h4,8,10-11,13-14,16-17,21-22,25,27,30H,5-7,9,12,15,18-20H2,1-3H3,(H,35,37)/b8-4+/t21?,22-,25-,27-,30+,33+/m1/s1. The Labute approximate surface area is 254 Å². The van der Waals surface area contributed by atoms with Gasteiger partial charge in [-0.05, 0) is 105 Å². The van der Waals surface area contributed by atoms with Gasteiger partial charge >= 0.3 is 0 Å². The summed E-state index contributed by atoms with van der Waals surface area (Å²) in [7, 11) is -2.13. The first-order valence-corrected chi connectivity index (χ1v) is 17.1. The molecule has 1 unspecified atom stereocenters. The zero-order valence-corrected chi connectivity index (χ0v) is 26.2. The fourth-order valence-corrected chi connectivity index (χ4v) is 8.87. The number of hydrogen-bond donors (Lipinski definition) is 1. The van der Waals surface area contributed by atoms with Crippen molar-refractivity contribution < 1.29 is 22.7 Å². The quantitative estimate of drug-likeness (QED) is 0.404. The summed E-state index contributed by atoms with van der Waals surface area (Å²) in [5.74, 6) is 0.710. The maximum Gasteiger partial charge on any atom is 0.264 e. The summed E-state index contributed by atoms with van der Waals surface area (Å²) >= 11 is 6.40. The van der Waals surface area contributed by atoms with Gasteiger partial charge in [-0.15, -0.1) is 0 Å². The number of amides is 1. The summed E-state index contributed by atoms with van der Waals surface area (Å²) in [5, 5.41) is 0.00998. The largest absolute Gasteiger partial charge is 0.490 e. The van der Waals surface area contributed by atoms with Crippen LogP contribution < -0.4 is 14.4 Å². The highest BCUT2D eigenvalue weighted by atomic mass is 35.5. The Morgan fingerprint density at radius 1 is 1.14 bits per heavy atom. The molecule has 1 amide bonds. The number of carbonyl (C=O) groups is 1. The molecule has 2 heterocycles. The maximum absolute atomic E-state index is 13.4. The Kier molecular flexibility index (Phi) is 8.09. The van der Waals surface area contributed by atoms with Crippen LogP contribution in [0.2, 0.25) is 5.02 Å². The number of benzene rings is 2. The van der Waals surface area contributed by atoms with Crippen molar-refractivity contribution in [3.8, 4) is 5.75 Å². The minimum Gasteiger partial charge on any atom is -0.490 e. The van der Waals surface area contributed by atoms with Gasteiger partial charge in [0.05, 0.1) is 23.6 Å². The minimum atomic E-state index is -3.88. The molecule has 2 aromatic carbocycles. The van der Waals surface area contributed by atoms with Crippen molar-refractivity contribution in [2.45, 2.75) is 69.1 Å². The molecule has 2 bridgehead atoms. The molecule has 7 nitrogen and oxygen atoms in total. The summed E-state index contributed by atoms with van der Waals surface area (Å²) in [5.41, 5.74) is 3.48. The number of nitrogens with zero attached hydrogens (tertiary/aromatic N) is 1. The van der Waals surface area contributed by atoms with Gasteiger partial charge < -0.3 is 14.4 Å². The minimum absolute atomic E-state index is 0.0315. The predicted octanol–water partition coefficient (Wildman–Crippen LogP) is 5.90. The first kappa shape index (κ1) is 29.5. The lowest BCUT2D eigenvalue weighted by molar-refractivity contribution is 0.0131. The number of hydrogen-bond acceptors (Lipinski definition) is 6. The molecule has 42 heavy (non-hydrogen) atoms. The van der Waals surface area contributed by atoms with E-state index in [-0.39, 0.29) is 17.4 Å². The van der Waals surface area contributed by atoms with Gasteiger partial charge in [0.2, 0.25) is 10.0 Å². The molecule has 1 spiro atoms. The van der Waals surface area contributed by atoms with Gasteiger partial charge in [-0.3, -0.25) is 4.79 Å². The van der Waals surface area contributed by atoms with Crippen molar-refractivity contribution in [2.75, 3.05) is 31.7 Å². The summed E-state index contributed by atoms with van der Waals surface area (Å²) in [6.07, 6.45) is 9.93. The van der Waals surface area contributed by atoms with E-state index in [1.807, 2.05) is 31.2 Å². The van der Waals surface area contributed by atoms with Crippen molar-refractivity contribution >= 4 is 33.2 Å². The summed E-state index contributed by atoms with van der Waals surface area (Å²) in [6.45, 7) is 5.63. The molecule has 226 valence electrons. The van der Waals surface area contributed by atoms with E-state index in [1.54, 1.807) is 20.1 Å². The number of nitrogens with one attached hydrogen (secondary N) is 1. The molecule has 1 saturated carbocycles. The van der Waals surface area contributed by atoms with Crippen LogP contribution in [-0.4, -0.2) is 52.5 Å². The molecular weight excluding hydrogens is 572 g/mol. The van der Waals surface area contributed by atoms with Crippen LogP contribution in [0.4, 0.5) is 5.69 Å². The highest BCUT2D eigenvalue weighted by Gasteiger charge is 2.44. The van der Waals surface area contributed by atoms with E-state index in [1.165, 1.54) is 11.1 Å². The Balaban J connectivity index is 1.43. The Hall–Kier alpha value is -2.55. The second-order valence-electron chi connectivity index (χ2n) is 12.8. The van der Waals surface area contributed by atoms with Gasteiger partial charge in [0.25, 0.3) is 5.91 Å². The number of sulfonamides is 1. The molecule has 0 radical (unpaired) electrons. The van der Waals surface area contributed by atoms with Gasteiger partial charge in [0.15, 0.2) is 0 Å². The normalized spacial score (nSPS) is 33.3. The lowest BCUT2D eigenvalue weighted by Crippen LogP contribution is -2.49. The molecule has 6 atom stereocenters. The number of aryl methyl sites for hydroxylation is 1. The fraction of sp³-hybridized carbons (Fsp3) is 0.545. The molecule has 6 rings (SSSR count). The second kappa shape index (κ2) is 11.5. The topological polar surface area (TPSA) is 84.9 Å². The number of allylic oxidation sites excluding steroid dienone is 1. The highest BCUT2D eigenvalue weighted by Crippen LogP contribution is 2.47. The zero-order valence-electron chi connectivity index (χ0n) is 24.6. The Morgan fingerprint density at radius 3 is 2.74 bits per heavy atom. The third kappa shape index (κ3) is 5.46. The van der Waals surface area contributed by atoms with Crippen molar-refractivity contribution in [1.82, 2.24) is 4.72 Å². The first-order valence-electron chi connectivity index (χ1n) is 15.2. The van der Waals surface area contributed by atoms with E-state index in [2.05, 4.69) is 27.8 Å². The van der Waals surface area contributed by atoms with E-state index in [0.29, 0.717) is 30.4 Å². The SMILES string of the molecule is CO[C@H]1/C=C/CC(C)[C@@H](C)S(=O)(=O)NC(=O)c2ccc3c(c2)N(C[C@H]2CC[C@H]21)C[C@@]1(CCCc2cc(Cl)ccc21)CO3. The van der Waals surface area contributed by atoms with Crippen molar-refractivity contribution in [2.24, 2.45) is 17.8 Å². The second-order valence-corrected chi connectivity index (χ2v) is 15.3. The van der Waals surface area contributed by atoms with Crippen molar-refractivity contribution in [3.05, 3.63) is 70.3 Å².